The van der Waals surface area contributed by atoms with Gasteiger partial charge in [-0.05, 0) is 26.0 Å². The number of carbonyl (C=O) groups excluding carboxylic acids is 1. The summed E-state index contributed by atoms with van der Waals surface area (Å²) in [4.78, 5) is 26.6. The van der Waals surface area contributed by atoms with Crippen LogP contribution in [0.5, 0.6) is 0 Å². The van der Waals surface area contributed by atoms with Crippen LogP contribution < -0.4 is 0 Å². The lowest BCUT2D eigenvalue weighted by atomic mass is 10.2. The number of rotatable bonds is 4. The molecule has 0 aliphatic heterocycles. The first-order chi connectivity index (χ1) is 7.33. The van der Waals surface area contributed by atoms with E-state index in [4.69, 9.17) is 5.11 Å². The average Bonchev–Trinajstić information content (AvgIpc) is 2.17. The van der Waals surface area contributed by atoms with Gasteiger partial charge < -0.3 is 5.11 Å². The summed E-state index contributed by atoms with van der Waals surface area (Å²) in [6.45, 7) is 4.69. The third-order valence-electron chi connectivity index (χ3n) is 1.99. The van der Waals surface area contributed by atoms with E-state index in [-0.39, 0.29) is 5.78 Å². The van der Waals surface area contributed by atoms with Crippen molar-refractivity contribution in [3.8, 4) is 0 Å². The van der Waals surface area contributed by atoms with Crippen molar-refractivity contribution in [1.29, 1.82) is 0 Å². The van der Waals surface area contributed by atoms with Crippen LogP contribution >= 0.6 is 11.8 Å². The summed E-state index contributed by atoms with van der Waals surface area (Å²) in [5.41, 5.74) is 0.387. The molecule has 0 saturated heterocycles. The second kappa shape index (κ2) is 4.65. The molecule has 0 aromatic carbocycles. The van der Waals surface area contributed by atoms with E-state index in [1.165, 1.54) is 24.9 Å². The highest BCUT2D eigenvalue weighted by Crippen LogP contribution is 2.32. The van der Waals surface area contributed by atoms with Gasteiger partial charge in [0.25, 0.3) is 0 Å². The average molecular weight is 239 g/mol. The van der Waals surface area contributed by atoms with E-state index in [0.29, 0.717) is 5.69 Å². The molecule has 0 fully saturated rings. The molecule has 16 heavy (non-hydrogen) atoms. The van der Waals surface area contributed by atoms with Gasteiger partial charge in [0.2, 0.25) is 0 Å². The maximum atomic E-state index is 11.0. The fourth-order valence-electron chi connectivity index (χ4n) is 0.987. The van der Waals surface area contributed by atoms with Crippen LogP contribution in [-0.4, -0.2) is 26.6 Å². The van der Waals surface area contributed by atoms with Crippen molar-refractivity contribution in [1.82, 2.24) is 4.98 Å². The van der Waals surface area contributed by atoms with Gasteiger partial charge in [-0.25, -0.2) is 0 Å². The van der Waals surface area contributed by atoms with Gasteiger partial charge in [0.1, 0.15) is 10.4 Å². The number of hydrogen-bond donors (Lipinski definition) is 1. The first-order valence-corrected chi connectivity index (χ1v) is 5.54. The van der Waals surface area contributed by atoms with Gasteiger partial charge in [-0.3, -0.25) is 14.6 Å². The van der Waals surface area contributed by atoms with Crippen molar-refractivity contribution < 1.29 is 14.7 Å². The molecular formula is C11H13NO3S. The molecule has 86 valence electrons. The second-order valence-corrected chi connectivity index (χ2v) is 5.55. The number of pyridine rings is 1. The number of carboxylic acid groups (broad SMARTS) is 1. The molecule has 1 N–H and O–H groups in total. The Balaban J connectivity index is 2.84. The maximum Gasteiger partial charge on any atom is 0.319 e. The molecule has 0 amide bonds. The summed E-state index contributed by atoms with van der Waals surface area (Å²) < 4.78 is -0.903. The van der Waals surface area contributed by atoms with E-state index in [2.05, 4.69) is 4.98 Å². The number of carbonyl (C=O) groups is 2. The molecule has 0 radical (unpaired) electrons. The lowest BCUT2D eigenvalue weighted by Gasteiger charge is -2.17. The summed E-state index contributed by atoms with van der Waals surface area (Å²) >= 11 is 1.20. The summed E-state index contributed by atoms with van der Waals surface area (Å²) in [6, 6.07) is 3.31. The number of thioether (sulfide) groups is 1. The number of nitrogens with zero attached hydrogens (tertiary/aromatic N) is 1. The van der Waals surface area contributed by atoms with Crippen LogP contribution in [0.4, 0.5) is 0 Å². The van der Waals surface area contributed by atoms with Crippen molar-refractivity contribution >= 4 is 23.5 Å². The molecular weight excluding hydrogens is 226 g/mol. The van der Waals surface area contributed by atoms with Crippen LogP contribution in [0.2, 0.25) is 0 Å². The Morgan fingerprint density at radius 1 is 1.38 bits per heavy atom. The van der Waals surface area contributed by atoms with Gasteiger partial charge in [0.15, 0.2) is 5.78 Å². The zero-order valence-electron chi connectivity index (χ0n) is 9.35. The molecule has 0 bridgehead atoms. The Morgan fingerprint density at radius 2 is 2.00 bits per heavy atom. The van der Waals surface area contributed by atoms with E-state index >= 15 is 0 Å². The summed E-state index contributed by atoms with van der Waals surface area (Å²) in [5.74, 6) is -0.984. The normalized spacial score (nSPS) is 11.2. The first kappa shape index (κ1) is 12.7. The number of ketones is 1. The van der Waals surface area contributed by atoms with Crippen molar-refractivity contribution in [2.45, 2.75) is 30.4 Å². The molecule has 0 atom stereocenters. The van der Waals surface area contributed by atoms with Crippen LogP contribution in [0.1, 0.15) is 31.3 Å². The quantitative estimate of drug-likeness (QED) is 0.644. The van der Waals surface area contributed by atoms with Gasteiger partial charge in [-0.1, -0.05) is 0 Å². The zero-order chi connectivity index (χ0) is 12.3. The number of hydrogen-bond acceptors (Lipinski definition) is 4. The van der Waals surface area contributed by atoms with Crippen LogP contribution in [0, 0.1) is 0 Å². The molecule has 1 aromatic heterocycles. The fourth-order valence-corrected chi connectivity index (χ4v) is 1.91. The minimum atomic E-state index is -0.903. The van der Waals surface area contributed by atoms with Crippen molar-refractivity contribution in [3.63, 3.8) is 0 Å². The van der Waals surface area contributed by atoms with Gasteiger partial charge >= 0.3 is 5.97 Å². The molecule has 0 saturated carbocycles. The second-order valence-electron chi connectivity index (χ2n) is 3.85. The molecule has 0 aliphatic rings. The number of carboxylic acids is 1. The molecule has 0 unspecified atom stereocenters. The Bertz CT molecular complexity index is 412. The summed E-state index contributed by atoms with van der Waals surface area (Å²) in [6.07, 6.45) is 1.52. The van der Waals surface area contributed by atoms with Gasteiger partial charge in [0, 0.05) is 18.0 Å². The van der Waals surface area contributed by atoms with E-state index < -0.39 is 10.7 Å². The Morgan fingerprint density at radius 3 is 2.38 bits per heavy atom. The highest BCUT2D eigenvalue weighted by Gasteiger charge is 2.28. The minimum absolute atomic E-state index is 0.103. The Labute approximate surface area is 98.1 Å². The topological polar surface area (TPSA) is 67.3 Å². The third kappa shape index (κ3) is 3.06. The largest absolute Gasteiger partial charge is 0.480 e. The molecule has 0 spiro atoms. The maximum absolute atomic E-state index is 11.0. The predicted octanol–water partition coefficient (Wildman–Crippen LogP) is 2.24. The fraction of sp³-hybridized carbons (Fsp3) is 0.364. The van der Waals surface area contributed by atoms with Crippen LogP contribution in [-0.2, 0) is 4.79 Å². The van der Waals surface area contributed by atoms with E-state index in [1.54, 1.807) is 26.0 Å². The van der Waals surface area contributed by atoms with Gasteiger partial charge in [-0.15, -0.1) is 11.8 Å². The lowest BCUT2D eigenvalue weighted by Crippen LogP contribution is -2.26. The van der Waals surface area contributed by atoms with Gasteiger partial charge in [0.05, 0.1) is 0 Å². The van der Waals surface area contributed by atoms with Crippen LogP contribution in [0.25, 0.3) is 0 Å². The summed E-state index contributed by atoms with van der Waals surface area (Å²) in [7, 11) is 0. The highest BCUT2D eigenvalue weighted by atomic mass is 32.2. The zero-order valence-corrected chi connectivity index (χ0v) is 10.2. The van der Waals surface area contributed by atoms with Crippen LogP contribution in [0.15, 0.2) is 23.2 Å². The smallest absolute Gasteiger partial charge is 0.319 e. The SMILES string of the molecule is CC(=O)c1ccc(SC(C)(C)C(=O)O)cn1. The van der Waals surface area contributed by atoms with E-state index in [0.717, 1.165) is 4.90 Å². The highest BCUT2D eigenvalue weighted by molar-refractivity contribution is 8.01. The van der Waals surface area contributed by atoms with Crippen molar-refractivity contribution in [2.75, 3.05) is 0 Å². The Kier molecular flexibility index (Phi) is 3.70. The molecule has 5 heteroatoms. The van der Waals surface area contributed by atoms with E-state index in [9.17, 15) is 9.59 Å². The molecule has 0 aliphatic carbocycles. The third-order valence-corrected chi connectivity index (χ3v) is 3.15. The molecule has 4 nitrogen and oxygen atoms in total. The number of aromatic nitrogens is 1. The van der Waals surface area contributed by atoms with E-state index in [1.807, 2.05) is 0 Å². The van der Waals surface area contributed by atoms with Gasteiger partial charge in [-0.2, -0.15) is 0 Å². The van der Waals surface area contributed by atoms with Crippen molar-refractivity contribution in [2.24, 2.45) is 0 Å². The van der Waals surface area contributed by atoms with Crippen molar-refractivity contribution in [3.05, 3.63) is 24.0 Å². The van der Waals surface area contributed by atoms with Crippen LogP contribution in [0.3, 0.4) is 0 Å². The minimum Gasteiger partial charge on any atom is -0.480 e. The monoisotopic (exact) mass is 239 g/mol. The first-order valence-electron chi connectivity index (χ1n) is 4.72. The molecule has 1 aromatic rings. The number of Topliss-reactive ketones (excluding diaryl/α,β-unsaturated/α-hetero) is 1. The summed E-state index contributed by atoms with van der Waals surface area (Å²) in [5, 5.41) is 8.95. The Hall–Kier alpha value is -1.36. The predicted molar refractivity (Wildman–Crippen MR) is 61.8 cm³/mol. The lowest BCUT2D eigenvalue weighted by molar-refractivity contribution is -0.138. The standard InChI is InChI=1S/C11H13NO3S/c1-7(13)9-5-4-8(6-12-9)16-11(2,3)10(14)15/h4-6H,1-3H3,(H,14,15). The molecule has 1 rings (SSSR count). The number of aliphatic carboxylic acids is 1. The molecule has 1 heterocycles.